The van der Waals surface area contributed by atoms with Crippen molar-refractivity contribution >= 4 is 0 Å². The lowest BCUT2D eigenvalue weighted by Crippen LogP contribution is -1.95. The molecule has 0 heterocycles. The highest BCUT2D eigenvalue weighted by molar-refractivity contribution is 5.38. The summed E-state index contributed by atoms with van der Waals surface area (Å²) in [6.07, 6.45) is 0.842. The van der Waals surface area contributed by atoms with Gasteiger partial charge in [0.2, 0.25) is 0 Å². The smallest absolute Gasteiger partial charge is 0.133 e. The van der Waals surface area contributed by atoms with Crippen LogP contribution in [0.3, 0.4) is 0 Å². The van der Waals surface area contributed by atoms with E-state index in [2.05, 4.69) is 0 Å². The van der Waals surface area contributed by atoms with E-state index in [4.69, 9.17) is 9.47 Å². The lowest BCUT2D eigenvalue weighted by molar-refractivity contribution is 0.202. The minimum Gasteiger partial charge on any atom is -0.457 e. The summed E-state index contributed by atoms with van der Waals surface area (Å²) in [5.41, 5.74) is 1.58. The summed E-state index contributed by atoms with van der Waals surface area (Å²) < 4.78 is 23.7. The molecule has 0 unspecified atom stereocenters. The highest BCUT2D eigenvalue weighted by atomic mass is 19.1. The number of halogens is 1. The molecule has 2 rings (SSSR count). The van der Waals surface area contributed by atoms with Gasteiger partial charge in [-0.3, -0.25) is 0 Å². The Hall–Kier alpha value is -1.91. The third-order valence-corrected chi connectivity index (χ3v) is 2.94. The molecule has 2 aromatic rings. The fourth-order valence-electron chi connectivity index (χ4n) is 1.84. The average molecular weight is 276 g/mol. The van der Waals surface area contributed by atoms with Crippen LogP contribution in [-0.4, -0.2) is 18.8 Å². The van der Waals surface area contributed by atoms with E-state index in [1.165, 1.54) is 18.2 Å². The van der Waals surface area contributed by atoms with Crippen LogP contribution >= 0.6 is 0 Å². The minimum absolute atomic E-state index is 0.265. The molecule has 0 aliphatic heterocycles. The first-order chi connectivity index (χ1) is 9.72. The van der Waals surface area contributed by atoms with Gasteiger partial charge in [0, 0.05) is 12.7 Å². The topological polar surface area (TPSA) is 38.7 Å². The number of benzene rings is 2. The molecular formula is C16H17FO3. The molecule has 0 bridgehead atoms. The molecule has 0 saturated carbocycles. The zero-order valence-electron chi connectivity index (χ0n) is 11.3. The van der Waals surface area contributed by atoms with E-state index < -0.39 is 5.82 Å². The minimum atomic E-state index is -0.392. The molecule has 3 nitrogen and oxygen atoms in total. The molecule has 0 radical (unpaired) electrons. The van der Waals surface area contributed by atoms with Gasteiger partial charge < -0.3 is 14.6 Å². The first-order valence-corrected chi connectivity index (χ1v) is 6.38. The number of rotatable bonds is 6. The molecule has 0 aliphatic rings. The second-order valence-electron chi connectivity index (χ2n) is 4.40. The molecule has 106 valence electrons. The molecule has 1 N–H and O–H groups in total. The van der Waals surface area contributed by atoms with Gasteiger partial charge in [-0.15, -0.1) is 0 Å². The quantitative estimate of drug-likeness (QED) is 0.879. The van der Waals surface area contributed by atoms with E-state index in [0.29, 0.717) is 23.7 Å². The monoisotopic (exact) mass is 276 g/mol. The van der Waals surface area contributed by atoms with Crippen molar-refractivity contribution in [2.24, 2.45) is 0 Å². The Balaban J connectivity index is 2.10. The van der Waals surface area contributed by atoms with Gasteiger partial charge in [0.25, 0.3) is 0 Å². The van der Waals surface area contributed by atoms with Gasteiger partial charge in [0.05, 0.1) is 13.2 Å². The van der Waals surface area contributed by atoms with Crippen molar-refractivity contribution in [3.05, 3.63) is 59.4 Å². The van der Waals surface area contributed by atoms with Crippen molar-refractivity contribution in [2.75, 3.05) is 13.7 Å². The van der Waals surface area contributed by atoms with E-state index in [9.17, 15) is 9.50 Å². The van der Waals surface area contributed by atoms with Gasteiger partial charge in [-0.05, 0) is 42.3 Å². The van der Waals surface area contributed by atoms with Crippen molar-refractivity contribution in [1.82, 2.24) is 0 Å². The summed E-state index contributed by atoms with van der Waals surface area (Å²) in [7, 11) is 1.67. The van der Waals surface area contributed by atoms with E-state index in [0.717, 1.165) is 12.0 Å². The van der Waals surface area contributed by atoms with Crippen molar-refractivity contribution in [3.63, 3.8) is 0 Å². The fourth-order valence-corrected chi connectivity index (χ4v) is 1.84. The van der Waals surface area contributed by atoms with Crippen LogP contribution in [0.15, 0.2) is 42.5 Å². The zero-order valence-corrected chi connectivity index (χ0v) is 11.3. The molecule has 0 aliphatic carbocycles. The van der Waals surface area contributed by atoms with Crippen LogP contribution in [0.1, 0.15) is 11.1 Å². The number of ether oxygens (including phenoxy) is 2. The van der Waals surface area contributed by atoms with E-state index in [1.54, 1.807) is 7.11 Å². The van der Waals surface area contributed by atoms with E-state index in [1.807, 2.05) is 24.3 Å². The lowest BCUT2D eigenvalue weighted by Gasteiger charge is -2.10. The van der Waals surface area contributed by atoms with Crippen LogP contribution in [0.5, 0.6) is 11.5 Å². The molecule has 0 fully saturated rings. The van der Waals surface area contributed by atoms with Crippen LogP contribution in [0.2, 0.25) is 0 Å². The molecule has 20 heavy (non-hydrogen) atoms. The summed E-state index contributed by atoms with van der Waals surface area (Å²) in [6, 6.07) is 11.7. The molecule has 0 spiro atoms. The van der Waals surface area contributed by atoms with Crippen LogP contribution in [0, 0.1) is 5.82 Å². The zero-order chi connectivity index (χ0) is 14.4. The molecule has 0 atom stereocenters. The largest absolute Gasteiger partial charge is 0.457 e. The Morgan fingerprint density at radius 2 is 1.85 bits per heavy atom. The Morgan fingerprint density at radius 1 is 1.10 bits per heavy atom. The molecule has 0 saturated heterocycles. The Bertz CT molecular complexity index is 552. The van der Waals surface area contributed by atoms with Crippen LogP contribution in [-0.2, 0) is 17.8 Å². The summed E-state index contributed by atoms with van der Waals surface area (Å²) in [4.78, 5) is 0. The number of methoxy groups -OCH3 is 1. The SMILES string of the molecule is COCCc1ccc(Oc2ccc(F)cc2CO)cc1. The Labute approximate surface area is 117 Å². The second-order valence-corrected chi connectivity index (χ2v) is 4.40. The number of aliphatic hydroxyl groups excluding tert-OH is 1. The Kier molecular flexibility index (Phi) is 5.09. The maximum Gasteiger partial charge on any atom is 0.133 e. The van der Waals surface area contributed by atoms with Crippen molar-refractivity contribution < 1.29 is 19.0 Å². The lowest BCUT2D eigenvalue weighted by atomic mass is 10.1. The third-order valence-electron chi connectivity index (χ3n) is 2.94. The number of hydrogen-bond acceptors (Lipinski definition) is 3. The molecule has 0 aromatic heterocycles. The van der Waals surface area contributed by atoms with Crippen molar-refractivity contribution in [1.29, 1.82) is 0 Å². The average Bonchev–Trinajstić information content (AvgIpc) is 2.48. The second kappa shape index (κ2) is 7.03. The predicted octanol–water partition coefficient (Wildman–Crippen LogP) is 3.30. The maximum atomic E-state index is 13.1. The highest BCUT2D eigenvalue weighted by Gasteiger charge is 2.06. The van der Waals surface area contributed by atoms with E-state index in [-0.39, 0.29) is 6.61 Å². The third kappa shape index (κ3) is 3.79. The first kappa shape index (κ1) is 14.5. The van der Waals surface area contributed by atoms with E-state index >= 15 is 0 Å². The van der Waals surface area contributed by atoms with Gasteiger partial charge in [-0.2, -0.15) is 0 Å². The van der Waals surface area contributed by atoms with Gasteiger partial charge >= 0.3 is 0 Å². The van der Waals surface area contributed by atoms with Gasteiger partial charge in [-0.1, -0.05) is 12.1 Å². The van der Waals surface area contributed by atoms with Crippen LogP contribution in [0.25, 0.3) is 0 Å². The standard InChI is InChI=1S/C16H17FO3/c1-19-9-8-12-2-5-15(6-3-12)20-16-7-4-14(17)10-13(16)11-18/h2-7,10,18H,8-9,11H2,1H3. The summed E-state index contributed by atoms with van der Waals surface area (Å²) >= 11 is 0. The van der Waals surface area contributed by atoms with Gasteiger partial charge in [0.1, 0.15) is 17.3 Å². The highest BCUT2D eigenvalue weighted by Crippen LogP contribution is 2.26. The number of hydrogen-bond donors (Lipinski definition) is 1. The maximum absolute atomic E-state index is 13.1. The van der Waals surface area contributed by atoms with Crippen molar-refractivity contribution in [3.8, 4) is 11.5 Å². The summed E-state index contributed by atoms with van der Waals surface area (Å²) in [5, 5.41) is 9.20. The van der Waals surface area contributed by atoms with Gasteiger partial charge in [0.15, 0.2) is 0 Å². The molecule has 2 aromatic carbocycles. The summed E-state index contributed by atoms with van der Waals surface area (Å²) in [5.74, 6) is 0.710. The van der Waals surface area contributed by atoms with Crippen molar-refractivity contribution in [2.45, 2.75) is 13.0 Å². The van der Waals surface area contributed by atoms with Crippen LogP contribution < -0.4 is 4.74 Å². The number of aliphatic hydroxyl groups is 1. The molecule has 4 heteroatoms. The Morgan fingerprint density at radius 3 is 2.50 bits per heavy atom. The molecule has 0 amide bonds. The summed E-state index contributed by atoms with van der Waals surface area (Å²) in [6.45, 7) is 0.409. The first-order valence-electron chi connectivity index (χ1n) is 6.38. The predicted molar refractivity (Wildman–Crippen MR) is 74.4 cm³/mol. The van der Waals surface area contributed by atoms with Gasteiger partial charge in [-0.25, -0.2) is 4.39 Å². The normalized spacial score (nSPS) is 10.6. The fraction of sp³-hybridized carbons (Fsp3) is 0.250. The van der Waals surface area contributed by atoms with Crippen LogP contribution in [0.4, 0.5) is 4.39 Å². The molecular weight excluding hydrogens is 259 g/mol.